The summed E-state index contributed by atoms with van der Waals surface area (Å²) in [6, 6.07) is 8.12. The minimum absolute atomic E-state index is 0. The van der Waals surface area contributed by atoms with Crippen molar-refractivity contribution >= 4 is 7.85 Å². The van der Waals surface area contributed by atoms with Gasteiger partial charge in [0, 0.05) is 32.7 Å². The molecule has 1 nitrogen and oxygen atoms in total. The second kappa shape index (κ2) is 6.81. The van der Waals surface area contributed by atoms with Crippen LogP contribution in [0.4, 0.5) is 0 Å². The fourth-order valence-electron chi connectivity index (χ4n) is 2.38. The van der Waals surface area contributed by atoms with Crippen molar-refractivity contribution < 1.29 is 37.4 Å². The van der Waals surface area contributed by atoms with Crippen LogP contribution in [0, 0.1) is 13.0 Å². The third-order valence-electron chi connectivity index (χ3n) is 3.28. The fraction of sp³-hybridized carbons (Fsp3) is 0.462. The minimum Gasteiger partial charge on any atom is -0.665 e. The average molecular weight is 288 g/mol. The van der Waals surface area contributed by atoms with Gasteiger partial charge in [0.1, 0.15) is 0 Å². The second-order valence-corrected chi connectivity index (χ2v) is 4.35. The van der Waals surface area contributed by atoms with Crippen molar-refractivity contribution in [3.8, 4) is 5.75 Å². The van der Waals surface area contributed by atoms with E-state index >= 15 is 0 Å². The smallest absolute Gasteiger partial charge is 0.0845 e. The molecule has 0 aliphatic heterocycles. The zero-order valence-corrected chi connectivity index (χ0v) is 12.4. The quantitative estimate of drug-likeness (QED) is 0.613. The van der Waals surface area contributed by atoms with Crippen molar-refractivity contribution in [3.05, 3.63) is 36.9 Å². The molecule has 1 aromatic rings. The van der Waals surface area contributed by atoms with Crippen molar-refractivity contribution in [1.82, 2.24) is 0 Å². The van der Waals surface area contributed by atoms with E-state index in [0.717, 1.165) is 12.2 Å². The van der Waals surface area contributed by atoms with E-state index in [1.54, 1.807) is 0 Å². The molecule has 3 radical (unpaired) electrons. The predicted molar refractivity (Wildman–Crippen MR) is 63.0 cm³/mol. The maximum absolute atomic E-state index is 6.05. The van der Waals surface area contributed by atoms with Crippen LogP contribution < -0.4 is 4.74 Å². The standard InChI is InChI=1S/C13H16BO.Y/c1-15-12-6-2-4-10(9-12)8-11-5-3-7-13(11)14;/h2,4,6,9,11,13H,1,3,5,7-8H2;/q-1;. The molecule has 0 N–H and O–H groups in total. The Labute approximate surface area is 125 Å². The molecule has 2 atom stereocenters. The van der Waals surface area contributed by atoms with E-state index in [4.69, 9.17) is 12.6 Å². The van der Waals surface area contributed by atoms with Crippen molar-refractivity contribution in [2.45, 2.75) is 31.5 Å². The van der Waals surface area contributed by atoms with Crippen LogP contribution in [0.2, 0.25) is 5.82 Å². The first kappa shape index (κ1) is 14.3. The van der Waals surface area contributed by atoms with Gasteiger partial charge in [-0.05, 0) is 30.0 Å². The third kappa shape index (κ3) is 3.60. The van der Waals surface area contributed by atoms with Gasteiger partial charge in [0.15, 0.2) is 0 Å². The molecule has 1 saturated carbocycles. The zero-order valence-electron chi connectivity index (χ0n) is 9.56. The molecule has 81 valence electrons. The van der Waals surface area contributed by atoms with Crippen molar-refractivity contribution in [2.75, 3.05) is 0 Å². The third-order valence-corrected chi connectivity index (χ3v) is 3.28. The van der Waals surface area contributed by atoms with Gasteiger partial charge in [0.25, 0.3) is 0 Å². The predicted octanol–water partition coefficient (Wildman–Crippen LogP) is 3.15. The first-order valence-electron chi connectivity index (χ1n) is 5.56. The van der Waals surface area contributed by atoms with E-state index in [9.17, 15) is 0 Å². The van der Waals surface area contributed by atoms with Gasteiger partial charge < -0.3 is 4.74 Å². The maximum Gasteiger partial charge on any atom is 0.0845 e. The van der Waals surface area contributed by atoms with Crippen molar-refractivity contribution in [1.29, 1.82) is 0 Å². The minimum atomic E-state index is 0. The van der Waals surface area contributed by atoms with Crippen molar-refractivity contribution in [3.63, 3.8) is 0 Å². The zero-order chi connectivity index (χ0) is 10.7. The summed E-state index contributed by atoms with van der Waals surface area (Å²) in [6.07, 6.45) is 4.78. The summed E-state index contributed by atoms with van der Waals surface area (Å²) in [7, 11) is 9.47. The molecular formula is C13H16BOY-. The van der Waals surface area contributed by atoms with Crippen LogP contribution in [0.15, 0.2) is 24.3 Å². The average Bonchev–Trinajstić information content (AvgIpc) is 2.65. The van der Waals surface area contributed by atoms with Crippen LogP contribution in [0.1, 0.15) is 24.8 Å². The number of rotatable bonds is 3. The summed E-state index contributed by atoms with van der Waals surface area (Å²) in [6.45, 7) is 0. The monoisotopic (exact) mass is 288 g/mol. The van der Waals surface area contributed by atoms with Gasteiger partial charge in [-0.25, -0.2) is 0 Å². The summed E-state index contributed by atoms with van der Waals surface area (Å²) >= 11 is 0. The van der Waals surface area contributed by atoms with E-state index in [-0.39, 0.29) is 32.7 Å². The number of benzene rings is 1. The van der Waals surface area contributed by atoms with Gasteiger partial charge in [-0.2, -0.15) is 7.11 Å². The van der Waals surface area contributed by atoms with Crippen LogP contribution in [0.3, 0.4) is 0 Å². The topological polar surface area (TPSA) is 9.23 Å². The molecule has 0 aromatic heterocycles. The summed E-state index contributed by atoms with van der Waals surface area (Å²) in [5, 5.41) is 0. The molecular weight excluding hydrogens is 272 g/mol. The Morgan fingerprint density at radius 2 is 2.19 bits per heavy atom. The molecule has 1 fully saturated rings. The second-order valence-electron chi connectivity index (χ2n) is 4.35. The normalized spacial score (nSPS) is 23.8. The largest absolute Gasteiger partial charge is 0.665 e. The van der Waals surface area contributed by atoms with E-state index in [1.165, 1.54) is 24.8 Å². The molecule has 0 spiro atoms. The van der Waals surface area contributed by atoms with Gasteiger partial charge in [-0.3, -0.25) is 0 Å². The van der Waals surface area contributed by atoms with Gasteiger partial charge >= 0.3 is 0 Å². The van der Waals surface area contributed by atoms with Crippen LogP contribution in [0.25, 0.3) is 0 Å². The van der Waals surface area contributed by atoms with Crippen LogP contribution in [0.5, 0.6) is 5.75 Å². The molecule has 1 aromatic carbocycles. The van der Waals surface area contributed by atoms with Gasteiger partial charge in [-0.15, -0.1) is 0 Å². The van der Waals surface area contributed by atoms with Gasteiger partial charge in [0.2, 0.25) is 0 Å². The molecule has 0 bridgehead atoms. The first-order valence-corrected chi connectivity index (χ1v) is 5.56. The van der Waals surface area contributed by atoms with E-state index in [0.29, 0.717) is 11.7 Å². The molecule has 1 aliphatic rings. The Kier molecular flexibility index (Phi) is 6.07. The first-order chi connectivity index (χ1) is 7.29. The van der Waals surface area contributed by atoms with Gasteiger partial charge in [-0.1, -0.05) is 37.2 Å². The number of ether oxygens (including phenoxy) is 1. The number of hydrogen-bond acceptors (Lipinski definition) is 1. The Morgan fingerprint density at radius 1 is 1.38 bits per heavy atom. The van der Waals surface area contributed by atoms with Crippen LogP contribution in [-0.2, 0) is 39.1 Å². The van der Waals surface area contributed by atoms with E-state index < -0.39 is 0 Å². The summed E-state index contributed by atoms with van der Waals surface area (Å²) in [4.78, 5) is 0. The van der Waals surface area contributed by atoms with E-state index in [2.05, 4.69) is 19.2 Å². The maximum atomic E-state index is 6.05. The van der Waals surface area contributed by atoms with Gasteiger partial charge in [0.05, 0.1) is 13.6 Å². The van der Waals surface area contributed by atoms with Crippen LogP contribution >= 0.6 is 0 Å². The van der Waals surface area contributed by atoms with Crippen molar-refractivity contribution in [2.24, 2.45) is 5.92 Å². The Balaban J connectivity index is 0.00000128. The molecule has 2 rings (SSSR count). The molecule has 1 aliphatic carbocycles. The molecule has 3 heteroatoms. The molecule has 0 amide bonds. The molecule has 0 saturated heterocycles. The summed E-state index contributed by atoms with van der Waals surface area (Å²) in [5.41, 5.74) is 1.30. The summed E-state index contributed by atoms with van der Waals surface area (Å²) < 4.78 is 4.96. The Hall–Kier alpha value is 0.189. The van der Waals surface area contributed by atoms with E-state index in [1.807, 2.05) is 12.1 Å². The fourth-order valence-corrected chi connectivity index (χ4v) is 2.38. The Morgan fingerprint density at radius 3 is 2.81 bits per heavy atom. The van der Waals surface area contributed by atoms with Crippen LogP contribution in [-0.4, -0.2) is 7.85 Å². The molecule has 0 heterocycles. The SMILES string of the molecule is [B]C1CCCC1Cc1cccc(O[CH2-])c1.[Y]. The number of hydrogen-bond donors (Lipinski definition) is 0. The Bertz CT molecular complexity index is 329. The molecule has 2 unspecified atom stereocenters. The molecule has 16 heavy (non-hydrogen) atoms. The summed E-state index contributed by atoms with van der Waals surface area (Å²) in [5.74, 6) is 1.86.